The molecule has 22 heavy (non-hydrogen) atoms. The van der Waals surface area contributed by atoms with Gasteiger partial charge < -0.3 is 0 Å². The zero-order chi connectivity index (χ0) is 16.8. The highest BCUT2D eigenvalue weighted by atomic mass is 14.7. The predicted octanol–water partition coefficient (Wildman–Crippen LogP) is 6.90. The van der Waals surface area contributed by atoms with E-state index in [-0.39, 0.29) is 0 Å². The molecular formula is C22H42. The minimum Gasteiger partial charge on any atom is -0.0651 e. The Kier molecular flexibility index (Phi) is 5.40. The smallest absolute Gasteiger partial charge is 0.0235 e. The lowest BCUT2D eigenvalue weighted by molar-refractivity contribution is -0.0261. The molecule has 0 amide bonds. The van der Waals surface area contributed by atoms with Crippen molar-refractivity contribution in [2.24, 2.45) is 58.7 Å². The fourth-order valence-electron chi connectivity index (χ4n) is 6.82. The summed E-state index contributed by atoms with van der Waals surface area (Å²) < 4.78 is 0. The van der Waals surface area contributed by atoms with E-state index in [0.29, 0.717) is 5.41 Å². The first-order chi connectivity index (χ1) is 10.2. The van der Waals surface area contributed by atoms with Gasteiger partial charge in [-0.15, -0.1) is 0 Å². The van der Waals surface area contributed by atoms with Crippen molar-refractivity contribution in [3.05, 3.63) is 0 Å². The van der Waals surface area contributed by atoms with E-state index < -0.39 is 0 Å². The molecule has 0 bridgehead atoms. The summed E-state index contributed by atoms with van der Waals surface area (Å²) in [5.41, 5.74) is 0.606. The maximum Gasteiger partial charge on any atom is -0.0235 e. The van der Waals surface area contributed by atoms with Gasteiger partial charge in [-0.1, -0.05) is 75.2 Å². The van der Waals surface area contributed by atoms with Crippen LogP contribution in [0.3, 0.4) is 0 Å². The Morgan fingerprint density at radius 3 is 1.95 bits per heavy atom. The molecule has 0 aromatic heterocycles. The topological polar surface area (TPSA) is 0 Å². The first kappa shape index (κ1) is 18.3. The average Bonchev–Trinajstić information content (AvgIpc) is 3.00. The molecule has 130 valence electrons. The van der Waals surface area contributed by atoms with Crippen LogP contribution in [0.25, 0.3) is 0 Å². The largest absolute Gasteiger partial charge is 0.0651 e. The molecule has 0 heteroatoms. The van der Waals surface area contributed by atoms with Gasteiger partial charge in [-0.3, -0.25) is 0 Å². The van der Waals surface area contributed by atoms with Crippen molar-refractivity contribution in [2.45, 2.75) is 81.6 Å². The third-order valence-corrected chi connectivity index (χ3v) is 8.70. The molecular weight excluding hydrogens is 264 g/mol. The van der Waals surface area contributed by atoms with Crippen LogP contribution < -0.4 is 0 Å². The van der Waals surface area contributed by atoms with E-state index in [4.69, 9.17) is 0 Å². The molecule has 0 spiro atoms. The van der Waals surface area contributed by atoms with Crippen LogP contribution in [0.2, 0.25) is 0 Å². The van der Waals surface area contributed by atoms with Crippen molar-refractivity contribution in [1.29, 1.82) is 0 Å². The second kappa shape index (κ2) is 6.48. The summed E-state index contributed by atoms with van der Waals surface area (Å²) in [6, 6.07) is 0. The third-order valence-electron chi connectivity index (χ3n) is 8.70. The van der Waals surface area contributed by atoms with Crippen LogP contribution >= 0.6 is 0 Å². The normalized spacial score (nSPS) is 44.0. The highest BCUT2D eigenvalue weighted by Crippen LogP contribution is 2.70. The molecule has 0 aromatic rings. The lowest BCUT2D eigenvalue weighted by atomic mass is 9.54. The van der Waals surface area contributed by atoms with Gasteiger partial charge in [0.05, 0.1) is 0 Å². The van der Waals surface area contributed by atoms with Gasteiger partial charge >= 0.3 is 0 Å². The Balaban J connectivity index is 2.11. The summed E-state index contributed by atoms with van der Waals surface area (Å²) in [5.74, 6) is 8.43. The average molecular weight is 307 g/mol. The van der Waals surface area contributed by atoms with Crippen molar-refractivity contribution in [3.63, 3.8) is 0 Å². The van der Waals surface area contributed by atoms with Gasteiger partial charge in [-0.2, -0.15) is 0 Å². The van der Waals surface area contributed by atoms with E-state index in [9.17, 15) is 0 Å². The first-order valence-electron chi connectivity index (χ1n) is 10.2. The van der Waals surface area contributed by atoms with Crippen molar-refractivity contribution in [3.8, 4) is 0 Å². The second-order valence-electron chi connectivity index (χ2n) is 9.60. The molecule has 0 aliphatic heterocycles. The van der Waals surface area contributed by atoms with E-state index in [1.54, 1.807) is 0 Å². The quantitative estimate of drug-likeness (QED) is 0.480. The van der Waals surface area contributed by atoms with Crippen molar-refractivity contribution in [2.75, 3.05) is 0 Å². The van der Waals surface area contributed by atoms with E-state index in [1.807, 2.05) is 0 Å². The van der Waals surface area contributed by atoms with Gasteiger partial charge in [0.1, 0.15) is 0 Å². The van der Waals surface area contributed by atoms with Gasteiger partial charge in [-0.25, -0.2) is 0 Å². The van der Waals surface area contributed by atoms with E-state index in [0.717, 1.165) is 53.3 Å². The third kappa shape index (κ3) is 2.67. The Bertz CT molecular complexity index is 366. The molecule has 2 aliphatic rings. The lowest BCUT2D eigenvalue weighted by Crippen LogP contribution is -2.45. The van der Waals surface area contributed by atoms with Crippen LogP contribution in [-0.2, 0) is 0 Å². The molecule has 8 atom stereocenters. The van der Waals surface area contributed by atoms with Crippen LogP contribution in [0.4, 0.5) is 0 Å². The number of rotatable bonds is 7. The zero-order valence-corrected chi connectivity index (χ0v) is 16.8. The summed E-state index contributed by atoms with van der Waals surface area (Å²) in [4.78, 5) is 0. The van der Waals surface area contributed by atoms with Crippen LogP contribution in [0, 0.1) is 58.7 Å². The fraction of sp³-hybridized carbons (Fsp3) is 1.00. The van der Waals surface area contributed by atoms with Crippen LogP contribution in [-0.4, -0.2) is 0 Å². The molecule has 2 aliphatic carbocycles. The zero-order valence-electron chi connectivity index (χ0n) is 16.8. The van der Waals surface area contributed by atoms with Gasteiger partial charge in [0.2, 0.25) is 0 Å². The van der Waals surface area contributed by atoms with Crippen molar-refractivity contribution in [1.82, 2.24) is 0 Å². The molecule has 0 heterocycles. The van der Waals surface area contributed by atoms with Crippen LogP contribution in [0.1, 0.15) is 81.6 Å². The SMILES string of the molecule is CCC(CC)C(C)C1C(C)C1(C)C(C)C1C(C)CC1C(C)C. The molecule has 2 saturated carbocycles. The van der Waals surface area contributed by atoms with Gasteiger partial charge in [0.15, 0.2) is 0 Å². The highest BCUT2D eigenvalue weighted by molar-refractivity contribution is 5.13. The maximum absolute atomic E-state index is 2.63. The molecule has 0 aromatic carbocycles. The minimum absolute atomic E-state index is 0.606. The van der Waals surface area contributed by atoms with Gasteiger partial charge in [0, 0.05) is 0 Å². The molecule has 0 N–H and O–H groups in total. The Labute approximate surface area is 140 Å². The van der Waals surface area contributed by atoms with Crippen molar-refractivity contribution < 1.29 is 0 Å². The van der Waals surface area contributed by atoms with E-state index >= 15 is 0 Å². The molecule has 2 rings (SSSR count). The molecule has 0 saturated heterocycles. The second-order valence-corrected chi connectivity index (χ2v) is 9.60. The van der Waals surface area contributed by atoms with Gasteiger partial charge in [0.25, 0.3) is 0 Å². The number of hydrogen-bond acceptors (Lipinski definition) is 0. The number of hydrogen-bond donors (Lipinski definition) is 0. The van der Waals surface area contributed by atoms with Crippen LogP contribution in [0.5, 0.6) is 0 Å². The fourth-order valence-corrected chi connectivity index (χ4v) is 6.82. The summed E-state index contributed by atoms with van der Waals surface area (Å²) >= 11 is 0. The standard InChI is InChI=1S/C22H42/c1-10-18(11-2)15(6)21-17(8)22(21,9)16(7)20-14(5)12-19(20)13(3)4/h13-21H,10-12H2,1-9H3. The molecule has 0 nitrogen and oxygen atoms in total. The summed E-state index contributed by atoms with van der Waals surface area (Å²) in [6.45, 7) is 22.5. The predicted molar refractivity (Wildman–Crippen MR) is 98.8 cm³/mol. The molecule has 0 radical (unpaired) electrons. The Morgan fingerprint density at radius 1 is 1.00 bits per heavy atom. The maximum atomic E-state index is 2.63. The summed E-state index contributed by atoms with van der Waals surface area (Å²) in [5, 5.41) is 0. The van der Waals surface area contributed by atoms with E-state index in [2.05, 4.69) is 62.3 Å². The Morgan fingerprint density at radius 2 is 1.55 bits per heavy atom. The van der Waals surface area contributed by atoms with E-state index in [1.165, 1.54) is 19.3 Å². The lowest BCUT2D eigenvalue weighted by Gasteiger charge is -2.51. The molecule has 8 unspecified atom stereocenters. The summed E-state index contributed by atoms with van der Waals surface area (Å²) in [7, 11) is 0. The summed E-state index contributed by atoms with van der Waals surface area (Å²) in [6.07, 6.45) is 4.20. The van der Waals surface area contributed by atoms with Crippen molar-refractivity contribution >= 4 is 0 Å². The monoisotopic (exact) mass is 306 g/mol. The Hall–Kier alpha value is 0. The molecule has 2 fully saturated rings. The highest BCUT2D eigenvalue weighted by Gasteiger charge is 2.65. The van der Waals surface area contributed by atoms with Gasteiger partial charge in [-0.05, 0) is 65.1 Å². The minimum atomic E-state index is 0.606. The first-order valence-corrected chi connectivity index (χ1v) is 10.2. The van der Waals surface area contributed by atoms with Crippen LogP contribution in [0.15, 0.2) is 0 Å².